The van der Waals surface area contributed by atoms with Gasteiger partial charge in [-0.25, -0.2) is 9.97 Å². The molecule has 1 N–H and O–H groups in total. The Morgan fingerprint density at radius 1 is 1.15 bits per heavy atom. The van der Waals surface area contributed by atoms with Gasteiger partial charge in [0.2, 0.25) is 5.91 Å². The van der Waals surface area contributed by atoms with E-state index < -0.39 is 0 Å². The molecule has 0 unspecified atom stereocenters. The van der Waals surface area contributed by atoms with Gasteiger partial charge < -0.3 is 14.5 Å². The minimum atomic E-state index is 0.0920. The van der Waals surface area contributed by atoms with Gasteiger partial charge in [-0.05, 0) is 43.0 Å². The average molecular weight is 571 g/mol. The molecule has 41 heavy (non-hydrogen) atoms. The number of nitrogens with one attached hydrogen (secondary N) is 1. The van der Waals surface area contributed by atoms with Crippen LogP contribution in [0.2, 0.25) is 0 Å². The summed E-state index contributed by atoms with van der Waals surface area (Å²) in [7, 11) is 0. The van der Waals surface area contributed by atoms with Crippen molar-refractivity contribution >= 4 is 55.5 Å². The lowest BCUT2D eigenvalue weighted by Gasteiger charge is -2.28. The van der Waals surface area contributed by atoms with Crippen LogP contribution in [-0.2, 0) is 14.3 Å². The number of anilines is 1. The summed E-state index contributed by atoms with van der Waals surface area (Å²) in [6.45, 7) is 6.19. The molecule has 0 atom stereocenters. The Balaban J connectivity index is 1.24. The normalized spacial score (nSPS) is 16.2. The molecule has 0 radical (unpaired) electrons. The van der Waals surface area contributed by atoms with Gasteiger partial charge in [-0.1, -0.05) is 31.2 Å². The fourth-order valence-corrected chi connectivity index (χ4v) is 6.55. The largest absolute Gasteiger partial charge is 0.378 e. The zero-order chi connectivity index (χ0) is 28.2. The molecule has 0 saturated carbocycles. The molecule has 212 valence electrons. The smallest absolute Gasteiger partial charge is 0.222 e. The number of H-pyrrole nitrogens is 1. The second-order valence-electron chi connectivity index (χ2n) is 10.4. The highest BCUT2D eigenvalue weighted by atomic mass is 32.1. The molecule has 0 aliphatic carbocycles. The SMILES string of the molecule is CCC=CC(=O)CCCC(=O)N1CC=C(c2cc3nc(-c4cccc5[nH]ncc45)nc(N4CCOCC4)c3s2)CC1. The van der Waals surface area contributed by atoms with Crippen LogP contribution in [0, 0.1) is 0 Å². The number of thiophene rings is 1. The number of aromatic nitrogens is 4. The van der Waals surface area contributed by atoms with Gasteiger partial charge in [-0.2, -0.15) is 5.10 Å². The van der Waals surface area contributed by atoms with E-state index in [9.17, 15) is 9.59 Å². The van der Waals surface area contributed by atoms with Crippen LogP contribution in [0.3, 0.4) is 0 Å². The van der Waals surface area contributed by atoms with Crippen molar-refractivity contribution in [3.05, 3.63) is 53.6 Å². The molecule has 9 nitrogen and oxygen atoms in total. The van der Waals surface area contributed by atoms with Crippen molar-refractivity contribution in [1.82, 2.24) is 25.1 Å². The number of carbonyl (C=O) groups is 2. The molecule has 1 fully saturated rings. The number of carbonyl (C=O) groups excluding carboxylic acids is 2. The summed E-state index contributed by atoms with van der Waals surface area (Å²) in [5.41, 5.74) is 4.08. The van der Waals surface area contributed by atoms with Crippen LogP contribution in [-0.4, -0.2) is 76.1 Å². The number of amides is 1. The molecule has 1 saturated heterocycles. The molecule has 5 heterocycles. The summed E-state index contributed by atoms with van der Waals surface area (Å²) >= 11 is 1.72. The lowest BCUT2D eigenvalue weighted by Crippen LogP contribution is -2.36. The van der Waals surface area contributed by atoms with Crippen LogP contribution < -0.4 is 4.90 Å². The molecule has 2 aliphatic heterocycles. The van der Waals surface area contributed by atoms with Crippen molar-refractivity contribution < 1.29 is 14.3 Å². The average Bonchev–Trinajstić information content (AvgIpc) is 3.67. The molecule has 6 rings (SSSR count). The van der Waals surface area contributed by atoms with Crippen molar-refractivity contribution in [2.45, 2.75) is 39.0 Å². The number of allylic oxidation sites excluding steroid dienone is 2. The van der Waals surface area contributed by atoms with Crippen LogP contribution in [0.15, 0.2) is 48.7 Å². The van der Waals surface area contributed by atoms with Gasteiger partial charge in [-0.3, -0.25) is 14.7 Å². The van der Waals surface area contributed by atoms with Gasteiger partial charge in [0.1, 0.15) is 0 Å². The van der Waals surface area contributed by atoms with Crippen LogP contribution in [0.1, 0.15) is 43.9 Å². The fourth-order valence-electron chi connectivity index (χ4n) is 5.37. The fraction of sp³-hybridized carbons (Fsp3) is 0.387. The van der Waals surface area contributed by atoms with E-state index in [0.717, 1.165) is 58.4 Å². The van der Waals surface area contributed by atoms with E-state index in [-0.39, 0.29) is 11.7 Å². The van der Waals surface area contributed by atoms with Gasteiger partial charge in [0.05, 0.1) is 35.1 Å². The first-order valence-corrected chi connectivity index (χ1v) is 15.2. The second-order valence-corrected chi connectivity index (χ2v) is 11.4. The van der Waals surface area contributed by atoms with E-state index in [1.54, 1.807) is 17.4 Å². The topological polar surface area (TPSA) is 104 Å². The summed E-state index contributed by atoms with van der Waals surface area (Å²) in [4.78, 5) is 40.1. The third kappa shape index (κ3) is 5.94. The number of hydrogen-bond acceptors (Lipinski definition) is 8. The molecule has 10 heteroatoms. The zero-order valence-corrected chi connectivity index (χ0v) is 24.1. The standard InChI is InChI=1S/C31H34N6O3S/c1-2-3-6-22(38)7-4-10-28(39)36-13-11-21(12-14-36)27-19-26-29(41-27)31(37-15-17-40-18-16-37)34-30(33-26)23-8-5-9-25-24(23)20-32-35-25/h3,5-6,8-9,11,19-20H,2,4,7,10,12-18H2,1H3,(H,32,35). The zero-order valence-electron chi connectivity index (χ0n) is 23.3. The van der Waals surface area contributed by atoms with E-state index in [1.165, 1.54) is 10.5 Å². The number of ether oxygens (including phenoxy) is 1. The molecule has 0 bridgehead atoms. The lowest BCUT2D eigenvalue weighted by atomic mass is 10.1. The number of hydrogen-bond donors (Lipinski definition) is 1. The Morgan fingerprint density at radius 3 is 2.83 bits per heavy atom. The van der Waals surface area contributed by atoms with E-state index in [2.05, 4.69) is 27.2 Å². The first-order valence-electron chi connectivity index (χ1n) is 14.3. The Kier molecular flexibility index (Phi) is 8.20. The van der Waals surface area contributed by atoms with E-state index >= 15 is 0 Å². The number of ketones is 1. The molecule has 3 aromatic heterocycles. The molecular formula is C31H34N6O3S. The molecular weight excluding hydrogens is 536 g/mol. The second kappa shape index (κ2) is 12.3. The summed E-state index contributed by atoms with van der Waals surface area (Å²) < 4.78 is 6.70. The number of morpholine rings is 1. The van der Waals surface area contributed by atoms with Gasteiger partial charge in [0.15, 0.2) is 17.4 Å². The van der Waals surface area contributed by atoms with Crippen molar-refractivity contribution in [3.8, 4) is 11.4 Å². The van der Waals surface area contributed by atoms with Gasteiger partial charge >= 0.3 is 0 Å². The lowest BCUT2D eigenvalue weighted by molar-refractivity contribution is -0.130. The molecule has 1 aromatic carbocycles. The van der Waals surface area contributed by atoms with Crippen LogP contribution >= 0.6 is 11.3 Å². The Morgan fingerprint density at radius 2 is 2.02 bits per heavy atom. The highest BCUT2D eigenvalue weighted by Gasteiger charge is 2.23. The summed E-state index contributed by atoms with van der Waals surface area (Å²) in [5, 5.41) is 8.26. The maximum absolute atomic E-state index is 12.8. The maximum atomic E-state index is 12.8. The van der Waals surface area contributed by atoms with Gasteiger partial charge in [0, 0.05) is 54.8 Å². The third-order valence-corrected chi connectivity index (χ3v) is 8.82. The quantitative estimate of drug-likeness (QED) is 0.269. The number of fused-ring (bicyclic) bond motifs is 2. The molecule has 2 aliphatic rings. The summed E-state index contributed by atoms with van der Waals surface area (Å²) in [5.74, 6) is 1.84. The molecule has 0 spiro atoms. The molecule has 1 amide bonds. The minimum Gasteiger partial charge on any atom is -0.378 e. The Hall–Kier alpha value is -3.89. The number of benzene rings is 1. The predicted octanol–water partition coefficient (Wildman–Crippen LogP) is 5.39. The molecule has 4 aromatic rings. The van der Waals surface area contributed by atoms with Crippen molar-refractivity contribution in [3.63, 3.8) is 0 Å². The van der Waals surface area contributed by atoms with E-state index in [4.69, 9.17) is 14.7 Å². The maximum Gasteiger partial charge on any atom is 0.222 e. The highest BCUT2D eigenvalue weighted by molar-refractivity contribution is 7.20. The van der Waals surface area contributed by atoms with E-state index in [0.29, 0.717) is 51.4 Å². The van der Waals surface area contributed by atoms with Crippen LogP contribution in [0.4, 0.5) is 5.82 Å². The van der Waals surface area contributed by atoms with Crippen molar-refractivity contribution in [2.75, 3.05) is 44.3 Å². The van der Waals surface area contributed by atoms with Crippen molar-refractivity contribution in [1.29, 1.82) is 0 Å². The monoisotopic (exact) mass is 570 g/mol. The minimum absolute atomic E-state index is 0.0920. The summed E-state index contributed by atoms with van der Waals surface area (Å²) in [6.07, 6.45) is 10.5. The Labute approximate surface area is 242 Å². The predicted molar refractivity (Wildman–Crippen MR) is 163 cm³/mol. The van der Waals surface area contributed by atoms with E-state index in [1.807, 2.05) is 42.3 Å². The highest BCUT2D eigenvalue weighted by Crippen LogP contribution is 2.39. The number of nitrogens with zero attached hydrogens (tertiary/aromatic N) is 5. The van der Waals surface area contributed by atoms with Crippen molar-refractivity contribution in [2.24, 2.45) is 0 Å². The van der Waals surface area contributed by atoms with Crippen LogP contribution in [0.5, 0.6) is 0 Å². The summed E-state index contributed by atoms with van der Waals surface area (Å²) in [6, 6.07) is 8.22. The van der Waals surface area contributed by atoms with Gasteiger partial charge in [-0.15, -0.1) is 11.3 Å². The van der Waals surface area contributed by atoms with Gasteiger partial charge in [0.25, 0.3) is 0 Å². The number of rotatable bonds is 9. The van der Waals surface area contributed by atoms with Crippen LogP contribution in [0.25, 0.3) is 38.1 Å². The first-order chi connectivity index (χ1) is 20.1. The number of aromatic amines is 1. The first kappa shape index (κ1) is 27.3. The third-order valence-electron chi connectivity index (χ3n) is 7.62. The Bertz CT molecular complexity index is 1630.